The van der Waals surface area contributed by atoms with E-state index in [0.717, 1.165) is 12.1 Å². The first-order valence-corrected chi connectivity index (χ1v) is 6.20. The van der Waals surface area contributed by atoms with E-state index in [-0.39, 0.29) is 5.56 Å². The Bertz CT molecular complexity index is 591. The molecule has 0 spiro atoms. The molecule has 0 radical (unpaired) electrons. The zero-order valence-electron chi connectivity index (χ0n) is 9.54. The first kappa shape index (κ1) is 14.0. The fourth-order valence-electron chi connectivity index (χ4n) is 1.62. The molecule has 0 aliphatic heterocycles. The van der Waals surface area contributed by atoms with Crippen LogP contribution in [0.4, 0.5) is 8.78 Å². The fraction of sp³-hybridized carbons (Fsp3) is 0.0714. The molecule has 0 saturated carbocycles. The van der Waals surface area contributed by atoms with Crippen LogP contribution in [-0.4, -0.2) is 5.78 Å². The second-order valence-electron chi connectivity index (χ2n) is 3.89. The lowest BCUT2D eigenvalue weighted by Crippen LogP contribution is -2.08. The molecule has 0 saturated heterocycles. The van der Waals surface area contributed by atoms with Crippen LogP contribution in [0.3, 0.4) is 0 Å². The van der Waals surface area contributed by atoms with Gasteiger partial charge in [-0.3, -0.25) is 4.79 Å². The van der Waals surface area contributed by atoms with Gasteiger partial charge in [0, 0.05) is 5.56 Å². The van der Waals surface area contributed by atoms with Crippen molar-refractivity contribution in [2.75, 3.05) is 0 Å². The second kappa shape index (κ2) is 5.68. The predicted molar refractivity (Wildman–Crippen MR) is 70.7 cm³/mol. The summed E-state index contributed by atoms with van der Waals surface area (Å²) in [5.74, 6) is -2.55. The maximum atomic E-state index is 13.3. The zero-order valence-corrected chi connectivity index (χ0v) is 11.1. The van der Waals surface area contributed by atoms with Crippen molar-refractivity contribution in [3.63, 3.8) is 0 Å². The van der Waals surface area contributed by atoms with Gasteiger partial charge in [0.2, 0.25) is 0 Å². The van der Waals surface area contributed by atoms with Crippen molar-refractivity contribution >= 4 is 29.0 Å². The van der Waals surface area contributed by atoms with Crippen LogP contribution < -0.4 is 0 Å². The third-order valence-corrected chi connectivity index (χ3v) is 3.40. The summed E-state index contributed by atoms with van der Waals surface area (Å²) in [6.07, 6.45) is 0. The van der Waals surface area contributed by atoms with Gasteiger partial charge in [-0.05, 0) is 17.7 Å². The molecule has 1 unspecified atom stereocenters. The van der Waals surface area contributed by atoms with Crippen molar-refractivity contribution in [1.29, 1.82) is 0 Å². The van der Waals surface area contributed by atoms with Gasteiger partial charge in [-0.25, -0.2) is 8.78 Å². The van der Waals surface area contributed by atoms with Crippen molar-refractivity contribution in [3.8, 4) is 0 Å². The second-order valence-corrected chi connectivity index (χ2v) is 4.71. The van der Waals surface area contributed by atoms with Gasteiger partial charge in [-0.2, -0.15) is 0 Å². The highest BCUT2D eigenvalue weighted by atomic mass is 35.5. The Kier molecular flexibility index (Phi) is 4.17. The predicted octanol–water partition coefficient (Wildman–Crippen LogP) is 4.78. The van der Waals surface area contributed by atoms with Gasteiger partial charge in [0.1, 0.15) is 22.0 Å². The highest BCUT2D eigenvalue weighted by Gasteiger charge is 2.21. The average Bonchev–Trinajstić information content (AvgIpc) is 2.43. The largest absolute Gasteiger partial charge is 0.292 e. The fourth-order valence-corrected chi connectivity index (χ4v) is 2.00. The van der Waals surface area contributed by atoms with Crippen molar-refractivity contribution < 1.29 is 13.6 Å². The number of Topliss-reactive ketones (excluding diaryl/α,β-unsaturated/α-hetero) is 1. The van der Waals surface area contributed by atoms with Crippen molar-refractivity contribution in [2.45, 2.75) is 5.38 Å². The Morgan fingerprint density at radius 1 is 1.05 bits per heavy atom. The average molecular weight is 301 g/mol. The van der Waals surface area contributed by atoms with E-state index in [9.17, 15) is 13.6 Å². The molecule has 2 aromatic carbocycles. The summed E-state index contributed by atoms with van der Waals surface area (Å²) in [5, 5.41) is -1.64. The van der Waals surface area contributed by atoms with Gasteiger partial charge in [-0.15, -0.1) is 11.6 Å². The molecule has 0 heterocycles. The van der Waals surface area contributed by atoms with Crippen LogP contribution in [0.2, 0.25) is 5.02 Å². The Balaban J connectivity index is 2.35. The minimum Gasteiger partial charge on any atom is -0.292 e. The number of ketones is 1. The van der Waals surface area contributed by atoms with Crippen molar-refractivity contribution in [3.05, 3.63) is 70.2 Å². The molecule has 5 heteroatoms. The number of halogens is 4. The smallest absolute Gasteiger partial charge is 0.185 e. The van der Waals surface area contributed by atoms with E-state index in [4.69, 9.17) is 23.2 Å². The van der Waals surface area contributed by atoms with E-state index in [1.54, 1.807) is 30.3 Å². The Hall–Kier alpha value is -1.45. The van der Waals surface area contributed by atoms with E-state index in [0.29, 0.717) is 5.56 Å². The molecule has 0 fully saturated rings. The molecule has 0 bridgehead atoms. The molecular formula is C14H8Cl2F2O. The number of benzene rings is 2. The lowest BCUT2D eigenvalue weighted by Gasteiger charge is -2.09. The monoisotopic (exact) mass is 300 g/mol. The molecule has 1 atom stereocenters. The number of hydrogen-bond acceptors (Lipinski definition) is 1. The Labute approximate surface area is 118 Å². The number of carbonyl (C=O) groups excluding carboxylic acids is 1. The van der Waals surface area contributed by atoms with Gasteiger partial charge in [-0.1, -0.05) is 41.9 Å². The maximum Gasteiger partial charge on any atom is 0.185 e. The highest BCUT2D eigenvalue weighted by Crippen LogP contribution is 2.27. The molecule has 0 aliphatic rings. The normalized spacial score (nSPS) is 12.2. The van der Waals surface area contributed by atoms with Gasteiger partial charge >= 0.3 is 0 Å². The maximum absolute atomic E-state index is 13.3. The molecule has 0 N–H and O–H groups in total. The SMILES string of the molecule is O=C(c1cc(F)c(Cl)c(F)c1)C(Cl)c1ccccc1. The number of hydrogen-bond donors (Lipinski definition) is 0. The van der Waals surface area contributed by atoms with Crippen molar-refractivity contribution in [1.82, 2.24) is 0 Å². The van der Waals surface area contributed by atoms with E-state index in [2.05, 4.69) is 0 Å². The standard InChI is InChI=1S/C14H8Cl2F2O/c15-12(8-4-2-1-3-5-8)14(19)9-6-10(17)13(16)11(18)7-9/h1-7,12H. The third kappa shape index (κ3) is 2.94. The van der Waals surface area contributed by atoms with Gasteiger partial charge in [0.15, 0.2) is 5.78 Å². The summed E-state index contributed by atoms with van der Waals surface area (Å²) in [6.45, 7) is 0. The molecule has 0 aromatic heterocycles. The van der Waals surface area contributed by atoms with Crippen LogP contribution in [0.25, 0.3) is 0 Å². The lowest BCUT2D eigenvalue weighted by molar-refractivity contribution is 0.0986. The summed E-state index contributed by atoms with van der Waals surface area (Å²) in [5.41, 5.74) is 0.410. The quantitative estimate of drug-likeness (QED) is 0.453. The molecule has 19 heavy (non-hydrogen) atoms. The Morgan fingerprint density at radius 3 is 2.11 bits per heavy atom. The van der Waals surface area contributed by atoms with Crippen molar-refractivity contribution in [2.24, 2.45) is 0 Å². The molecule has 98 valence electrons. The van der Waals surface area contributed by atoms with Crippen LogP contribution in [0.5, 0.6) is 0 Å². The van der Waals surface area contributed by atoms with E-state index >= 15 is 0 Å². The molecule has 1 nitrogen and oxygen atoms in total. The van der Waals surface area contributed by atoms with Crippen LogP contribution in [-0.2, 0) is 0 Å². The Morgan fingerprint density at radius 2 is 1.58 bits per heavy atom. The molecule has 0 amide bonds. The number of alkyl halides is 1. The van der Waals surface area contributed by atoms with Gasteiger partial charge in [0.25, 0.3) is 0 Å². The lowest BCUT2D eigenvalue weighted by atomic mass is 10.0. The molecule has 0 aliphatic carbocycles. The summed E-state index contributed by atoms with van der Waals surface area (Å²) in [6, 6.07) is 10.3. The zero-order chi connectivity index (χ0) is 14.0. The number of rotatable bonds is 3. The van der Waals surface area contributed by atoms with Crippen LogP contribution in [0.1, 0.15) is 21.3 Å². The first-order chi connectivity index (χ1) is 9.00. The molecule has 2 aromatic rings. The van der Waals surface area contributed by atoms with E-state index < -0.39 is 27.8 Å². The van der Waals surface area contributed by atoms with Gasteiger partial charge < -0.3 is 0 Å². The highest BCUT2D eigenvalue weighted by molar-refractivity contribution is 6.34. The van der Waals surface area contributed by atoms with Crippen LogP contribution >= 0.6 is 23.2 Å². The summed E-state index contributed by atoms with van der Waals surface area (Å²) in [7, 11) is 0. The van der Waals surface area contributed by atoms with Crippen LogP contribution in [0.15, 0.2) is 42.5 Å². The van der Waals surface area contributed by atoms with Crippen LogP contribution in [0, 0.1) is 11.6 Å². The van der Waals surface area contributed by atoms with E-state index in [1.807, 2.05) is 0 Å². The minimum atomic E-state index is -0.999. The summed E-state index contributed by atoms with van der Waals surface area (Å²) >= 11 is 11.4. The third-order valence-electron chi connectivity index (χ3n) is 2.59. The van der Waals surface area contributed by atoms with E-state index in [1.165, 1.54) is 0 Å². The molecule has 2 rings (SSSR count). The summed E-state index contributed by atoms with van der Waals surface area (Å²) < 4.78 is 26.6. The molecular weight excluding hydrogens is 293 g/mol. The first-order valence-electron chi connectivity index (χ1n) is 5.38. The topological polar surface area (TPSA) is 17.1 Å². The summed E-state index contributed by atoms with van der Waals surface area (Å²) in [4.78, 5) is 12.1. The minimum absolute atomic E-state index is 0.150. The van der Waals surface area contributed by atoms with Gasteiger partial charge in [0.05, 0.1) is 0 Å². The number of carbonyl (C=O) groups is 1.